The first-order chi connectivity index (χ1) is 7.90. The van der Waals surface area contributed by atoms with Crippen molar-refractivity contribution in [1.29, 1.82) is 0 Å². The minimum Gasteiger partial charge on any atom is -0.316 e. The van der Waals surface area contributed by atoms with Crippen molar-refractivity contribution < 1.29 is 18.0 Å². The molecule has 100 valence electrons. The molecule has 1 unspecified atom stereocenters. The molecule has 0 spiro atoms. The first kappa shape index (κ1) is 14.5. The van der Waals surface area contributed by atoms with Gasteiger partial charge in [-0.2, -0.15) is 13.2 Å². The highest BCUT2D eigenvalue weighted by molar-refractivity contribution is 5.85. The van der Waals surface area contributed by atoms with Crippen LogP contribution in [-0.4, -0.2) is 25.0 Å². The molecule has 1 N–H and O–H groups in total. The lowest BCUT2D eigenvalue weighted by Crippen LogP contribution is -2.45. The lowest BCUT2D eigenvalue weighted by atomic mass is 9.73. The highest BCUT2D eigenvalue weighted by Gasteiger charge is 2.37. The number of hydrogen-bond donors (Lipinski definition) is 1. The lowest BCUT2D eigenvalue weighted by Gasteiger charge is -2.35. The van der Waals surface area contributed by atoms with E-state index in [9.17, 15) is 18.0 Å². The number of ketones is 1. The Morgan fingerprint density at radius 2 is 2.12 bits per heavy atom. The molecule has 0 amide bonds. The Kier molecular flexibility index (Phi) is 4.98. The van der Waals surface area contributed by atoms with E-state index in [1.54, 1.807) is 0 Å². The van der Waals surface area contributed by atoms with Crippen LogP contribution < -0.4 is 5.32 Å². The van der Waals surface area contributed by atoms with E-state index in [0.717, 1.165) is 19.4 Å². The van der Waals surface area contributed by atoms with Gasteiger partial charge >= 0.3 is 6.18 Å². The average molecular weight is 251 g/mol. The Morgan fingerprint density at radius 1 is 1.41 bits per heavy atom. The molecule has 0 aromatic rings. The van der Waals surface area contributed by atoms with Gasteiger partial charge < -0.3 is 5.32 Å². The smallest absolute Gasteiger partial charge is 0.316 e. The molecule has 1 aliphatic rings. The monoisotopic (exact) mass is 251 g/mol. The van der Waals surface area contributed by atoms with Crippen LogP contribution in [0, 0.1) is 5.41 Å². The minimum absolute atomic E-state index is 0.00329. The summed E-state index contributed by atoms with van der Waals surface area (Å²) < 4.78 is 36.0. The molecule has 1 atom stereocenters. The van der Waals surface area contributed by atoms with E-state index in [4.69, 9.17) is 0 Å². The van der Waals surface area contributed by atoms with Gasteiger partial charge in [0, 0.05) is 24.8 Å². The fourth-order valence-corrected chi connectivity index (χ4v) is 2.42. The standard InChI is InChI=1S/C12H20F3NO/c1-2-11(6-4-8-16-9-11)10(17)5-3-7-12(13,14)15/h16H,2-9H2,1H3. The molecule has 1 saturated heterocycles. The van der Waals surface area contributed by atoms with Crippen LogP contribution in [0.4, 0.5) is 13.2 Å². The van der Waals surface area contributed by atoms with Gasteiger partial charge in [-0.3, -0.25) is 4.79 Å². The van der Waals surface area contributed by atoms with Crippen molar-refractivity contribution in [2.45, 2.75) is 51.6 Å². The van der Waals surface area contributed by atoms with Crippen LogP contribution in [0.2, 0.25) is 0 Å². The van der Waals surface area contributed by atoms with Crippen LogP contribution in [0.3, 0.4) is 0 Å². The molecule has 0 aromatic carbocycles. The Hall–Kier alpha value is -0.580. The van der Waals surface area contributed by atoms with Crippen molar-refractivity contribution in [3.63, 3.8) is 0 Å². The van der Waals surface area contributed by atoms with Gasteiger partial charge in [0.1, 0.15) is 5.78 Å². The first-order valence-electron chi connectivity index (χ1n) is 6.20. The molecule has 1 rings (SSSR count). The highest BCUT2D eigenvalue weighted by atomic mass is 19.4. The lowest BCUT2D eigenvalue weighted by molar-refractivity contribution is -0.139. The number of rotatable bonds is 5. The molecule has 0 saturated carbocycles. The van der Waals surface area contributed by atoms with Crippen LogP contribution in [0.15, 0.2) is 0 Å². The fourth-order valence-electron chi connectivity index (χ4n) is 2.42. The van der Waals surface area contributed by atoms with Crippen LogP contribution in [0.5, 0.6) is 0 Å². The van der Waals surface area contributed by atoms with Gasteiger partial charge in [-0.05, 0) is 32.2 Å². The van der Waals surface area contributed by atoms with Crippen molar-refractivity contribution in [2.75, 3.05) is 13.1 Å². The second-order valence-corrected chi connectivity index (χ2v) is 4.81. The molecular weight excluding hydrogens is 231 g/mol. The summed E-state index contributed by atoms with van der Waals surface area (Å²) in [6, 6.07) is 0. The number of nitrogens with one attached hydrogen (secondary N) is 1. The third-order valence-corrected chi connectivity index (χ3v) is 3.60. The topological polar surface area (TPSA) is 29.1 Å². The van der Waals surface area contributed by atoms with Crippen molar-refractivity contribution in [2.24, 2.45) is 5.41 Å². The highest BCUT2D eigenvalue weighted by Crippen LogP contribution is 2.33. The molecule has 1 aliphatic heterocycles. The number of halogens is 3. The number of hydrogen-bond acceptors (Lipinski definition) is 2. The Balaban J connectivity index is 2.44. The van der Waals surface area contributed by atoms with Crippen LogP contribution in [0.1, 0.15) is 45.4 Å². The molecule has 5 heteroatoms. The predicted octanol–water partition coefficient (Wildman–Crippen LogP) is 3.07. The van der Waals surface area contributed by atoms with Crippen molar-refractivity contribution in [1.82, 2.24) is 5.32 Å². The molecule has 2 nitrogen and oxygen atoms in total. The summed E-state index contributed by atoms with van der Waals surface area (Å²) in [6.07, 6.45) is -2.58. The second kappa shape index (κ2) is 5.85. The molecule has 0 aromatic heterocycles. The maximum Gasteiger partial charge on any atom is 0.389 e. The van der Waals surface area contributed by atoms with Gasteiger partial charge in [0.15, 0.2) is 0 Å². The third-order valence-electron chi connectivity index (χ3n) is 3.60. The molecule has 1 fully saturated rings. The van der Waals surface area contributed by atoms with Crippen LogP contribution in [0.25, 0.3) is 0 Å². The maximum absolute atomic E-state index is 12.0. The zero-order valence-corrected chi connectivity index (χ0v) is 10.2. The van der Waals surface area contributed by atoms with Crippen molar-refractivity contribution in [3.05, 3.63) is 0 Å². The number of piperidine rings is 1. The Labute approximate surface area is 100.0 Å². The number of carbonyl (C=O) groups excluding carboxylic acids is 1. The summed E-state index contributed by atoms with van der Waals surface area (Å²) >= 11 is 0. The maximum atomic E-state index is 12.0. The summed E-state index contributed by atoms with van der Waals surface area (Å²) in [5, 5.41) is 3.17. The summed E-state index contributed by atoms with van der Waals surface area (Å²) in [4.78, 5) is 12.0. The second-order valence-electron chi connectivity index (χ2n) is 4.81. The molecule has 0 aliphatic carbocycles. The van der Waals surface area contributed by atoms with Gasteiger partial charge in [-0.1, -0.05) is 6.92 Å². The van der Waals surface area contributed by atoms with Gasteiger partial charge in [0.25, 0.3) is 0 Å². The summed E-state index contributed by atoms with van der Waals surface area (Å²) in [5.74, 6) is -0.00329. The Bertz CT molecular complexity index is 257. The zero-order chi connectivity index (χ0) is 12.9. The number of carbonyl (C=O) groups is 1. The summed E-state index contributed by atoms with van der Waals surface area (Å²) in [6.45, 7) is 3.46. The largest absolute Gasteiger partial charge is 0.389 e. The first-order valence-corrected chi connectivity index (χ1v) is 6.20. The predicted molar refractivity (Wildman–Crippen MR) is 59.7 cm³/mol. The average Bonchev–Trinajstić information content (AvgIpc) is 2.28. The molecule has 0 bridgehead atoms. The fraction of sp³-hybridized carbons (Fsp3) is 0.917. The molecule has 1 heterocycles. The van der Waals surface area contributed by atoms with Crippen LogP contribution in [-0.2, 0) is 4.79 Å². The van der Waals surface area contributed by atoms with E-state index >= 15 is 0 Å². The summed E-state index contributed by atoms with van der Waals surface area (Å²) in [7, 11) is 0. The SMILES string of the molecule is CCC1(C(=O)CCCC(F)(F)F)CCCNC1. The van der Waals surface area contributed by atoms with Crippen molar-refractivity contribution in [3.8, 4) is 0 Å². The van der Waals surface area contributed by atoms with Gasteiger partial charge in [0.2, 0.25) is 0 Å². The summed E-state index contributed by atoms with van der Waals surface area (Å²) in [5.41, 5.74) is -0.413. The van der Waals surface area contributed by atoms with E-state index < -0.39 is 18.0 Å². The quantitative estimate of drug-likeness (QED) is 0.813. The van der Waals surface area contributed by atoms with Crippen LogP contribution >= 0.6 is 0 Å². The molecule has 0 radical (unpaired) electrons. The minimum atomic E-state index is -4.15. The third kappa shape index (κ3) is 4.30. The zero-order valence-electron chi connectivity index (χ0n) is 10.2. The van der Waals surface area contributed by atoms with Gasteiger partial charge in [-0.25, -0.2) is 0 Å². The molecule has 17 heavy (non-hydrogen) atoms. The van der Waals surface area contributed by atoms with Gasteiger partial charge in [0.05, 0.1) is 0 Å². The van der Waals surface area contributed by atoms with Crippen molar-refractivity contribution >= 4 is 5.78 Å². The van der Waals surface area contributed by atoms with Gasteiger partial charge in [-0.15, -0.1) is 0 Å². The van der Waals surface area contributed by atoms with E-state index in [2.05, 4.69) is 5.32 Å². The molecular formula is C12H20F3NO. The van der Waals surface area contributed by atoms with E-state index in [1.807, 2.05) is 6.92 Å². The number of Topliss-reactive ketones (excluding diaryl/α,β-unsaturated/α-hetero) is 1. The Morgan fingerprint density at radius 3 is 2.59 bits per heavy atom. The van der Waals surface area contributed by atoms with E-state index in [1.165, 1.54) is 0 Å². The van der Waals surface area contributed by atoms with E-state index in [-0.39, 0.29) is 18.6 Å². The number of alkyl halides is 3. The normalized spacial score (nSPS) is 25.9. The van der Waals surface area contributed by atoms with E-state index in [0.29, 0.717) is 13.0 Å².